The molecule has 1 aliphatic heterocycles. The molecule has 4 rings (SSSR count). The van der Waals surface area contributed by atoms with Crippen LogP contribution in [0.2, 0.25) is 0 Å². The molecule has 6 heteroatoms. The molecular formula is C21H19N3O3. The van der Waals surface area contributed by atoms with Crippen LogP contribution in [0.25, 0.3) is 17.0 Å². The average Bonchev–Trinajstić information content (AvgIpc) is 3.29. The molecule has 0 saturated carbocycles. The van der Waals surface area contributed by atoms with Crippen molar-refractivity contribution in [3.05, 3.63) is 76.6 Å². The fraction of sp³-hybridized carbons (Fsp3) is 0.143. The van der Waals surface area contributed by atoms with Gasteiger partial charge in [0.1, 0.15) is 11.5 Å². The maximum absolute atomic E-state index is 11.9. The Labute approximate surface area is 156 Å². The number of allylic oxidation sites excluding steroid dienone is 1. The Bertz CT molecular complexity index is 1160. The van der Waals surface area contributed by atoms with Gasteiger partial charge in [-0.2, -0.15) is 0 Å². The van der Waals surface area contributed by atoms with Crippen molar-refractivity contribution in [2.45, 2.75) is 13.8 Å². The van der Waals surface area contributed by atoms with Gasteiger partial charge in [0.25, 0.3) is 0 Å². The smallest absolute Gasteiger partial charge is 0.416 e. The number of aliphatic imine (C=N–C) groups is 1. The third kappa shape index (κ3) is 2.85. The number of H-pyrrole nitrogens is 1. The molecule has 6 nitrogen and oxygen atoms in total. The van der Waals surface area contributed by atoms with Gasteiger partial charge in [0.15, 0.2) is 0 Å². The first-order chi connectivity index (χ1) is 13.0. The van der Waals surface area contributed by atoms with Gasteiger partial charge in [-0.15, -0.1) is 0 Å². The second-order valence-electron chi connectivity index (χ2n) is 6.49. The molecule has 2 N–H and O–H groups in total. The monoisotopic (exact) mass is 361 g/mol. The highest BCUT2D eigenvalue weighted by Crippen LogP contribution is 2.28. The van der Waals surface area contributed by atoms with E-state index in [0.717, 1.165) is 22.3 Å². The zero-order valence-corrected chi connectivity index (χ0v) is 15.3. The van der Waals surface area contributed by atoms with E-state index in [-0.39, 0.29) is 0 Å². The van der Waals surface area contributed by atoms with E-state index in [4.69, 9.17) is 4.74 Å². The van der Waals surface area contributed by atoms with E-state index in [1.165, 1.54) is 4.57 Å². The SMILES string of the molecule is COC1=CC(c2cc3ccccc3n2C(=O)O)=NC1=Cc1[nH]c(C)cc1C. The summed E-state index contributed by atoms with van der Waals surface area (Å²) in [5.74, 6) is 0.596. The van der Waals surface area contributed by atoms with Crippen LogP contribution in [-0.2, 0) is 4.74 Å². The predicted molar refractivity (Wildman–Crippen MR) is 105 cm³/mol. The van der Waals surface area contributed by atoms with E-state index in [0.29, 0.717) is 28.4 Å². The number of aromatic amines is 1. The van der Waals surface area contributed by atoms with Gasteiger partial charge >= 0.3 is 6.09 Å². The Kier molecular flexibility index (Phi) is 3.96. The van der Waals surface area contributed by atoms with E-state index in [1.807, 2.05) is 44.2 Å². The highest BCUT2D eigenvalue weighted by Gasteiger charge is 2.23. The summed E-state index contributed by atoms with van der Waals surface area (Å²) in [4.78, 5) is 19.8. The zero-order chi connectivity index (χ0) is 19.1. The molecular weight excluding hydrogens is 342 g/mol. The lowest BCUT2D eigenvalue weighted by Gasteiger charge is -2.03. The number of rotatable bonds is 3. The highest BCUT2D eigenvalue weighted by atomic mass is 16.5. The van der Waals surface area contributed by atoms with E-state index in [2.05, 4.69) is 16.0 Å². The van der Waals surface area contributed by atoms with Crippen LogP contribution < -0.4 is 0 Å². The van der Waals surface area contributed by atoms with E-state index < -0.39 is 6.09 Å². The number of carboxylic acid groups (broad SMARTS) is 1. The second-order valence-corrected chi connectivity index (χ2v) is 6.49. The lowest BCUT2D eigenvalue weighted by molar-refractivity contribution is 0.197. The van der Waals surface area contributed by atoms with Gasteiger partial charge in [0.05, 0.1) is 24.0 Å². The summed E-state index contributed by atoms with van der Waals surface area (Å²) in [5.41, 5.74) is 5.48. The minimum atomic E-state index is -1.05. The number of benzene rings is 1. The molecule has 0 amide bonds. The van der Waals surface area contributed by atoms with Crippen molar-refractivity contribution < 1.29 is 14.6 Å². The Morgan fingerprint density at radius 3 is 2.70 bits per heavy atom. The number of ether oxygens (including phenoxy) is 1. The molecule has 136 valence electrons. The van der Waals surface area contributed by atoms with Gasteiger partial charge in [-0.3, -0.25) is 0 Å². The quantitative estimate of drug-likeness (QED) is 0.721. The molecule has 0 atom stereocenters. The van der Waals surface area contributed by atoms with Crippen molar-refractivity contribution in [2.75, 3.05) is 7.11 Å². The summed E-state index contributed by atoms with van der Waals surface area (Å²) < 4.78 is 6.73. The maximum atomic E-state index is 11.9. The fourth-order valence-electron chi connectivity index (χ4n) is 3.40. The number of methoxy groups -OCH3 is 1. The Morgan fingerprint density at radius 1 is 1.26 bits per heavy atom. The molecule has 3 heterocycles. The van der Waals surface area contributed by atoms with Crippen LogP contribution in [0.5, 0.6) is 0 Å². The van der Waals surface area contributed by atoms with Gasteiger partial charge in [-0.1, -0.05) is 18.2 Å². The van der Waals surface area contributed by atoms with Gasteiger partial charge in [0, 0.05) is 22.9 Å². The Morgan fingerprint density at radius 2 is 2.04 bits per heavy atom. The van der Waals surface area contributed by atoms with Crippen LogP contribution in [0.1, 0.15) is 22.6 Å². The minimum absolute atomic E-state index is 0.515. The number of aryl methyl sites for hydroxylation is 2. The van der Waals surface area contributed by atoms with E-state index in [1.54, 1.807) is 19.3 Å². The number of nitrogens with one attached hydrogen (secondary N) is 1. The van der Waals surface area contributed by atoms with Crippen LogP contribution in [0.3, 0.4) is 0 Å². The molecule has 27 heavy (non-hydrogen) atoms. The summed E-state index contributed by atoms with van der Waals surface area (Å²) in [6.07, 6.45) is 2.64. The number of hydrogen-bond acceptors (Lipinski definition) is 3. The Hall–Kier alpha value is -3.54. The lowest BCUT2D eigenvalue weighted by Crippen LogP contribution is -2.14. The summed E-state index contributed by atoms with van der Waals surface area (Å²) in [6.45, 7) is 4.02. The van der Waals surface area contributed by atoms with E-state index >= 15 is 0 Å². The fourth-order valence-corrected chi connectivity index (χ4v) is 3.40. The largest absolute Gasteiger partial charge is 0.494 e. The van der Waals surface area contributed by atoms with Crippen molar-refractivity contribution in [1.82, 2.24) is 9.55 Å². The molecule has 0 spiro atoms. The normalized spacial score (nSPS) is 15.3. The first-order valence-electron chi connectivity index (χ1n) is 8.54. The van der Waals surface area contributed by atoms with Gasteiger partial charge < -0.3 is 14.8 Å². The van der Waals surface area contributed by atoms with Crippen LogP contribution in [0.15, 0.2) is 58.9 Å². The van der Waals surface area contributed by atoms with Crippen LogP contribution >= 0.6 is 0 Å². The molecule has 0 bridgehead atoms. The van der Waals surface area contributed by atoms with Crippen LogP contribution in [-0.4, -0.2) is 33.6 Å². The number of aromatic nitrogens is 2. The number of para-hydroxylation sites is 1. The predicted octanol–water partition coefficient (Wildman–Crippen LogP) is 4.49. The molecule has 2 aromatic heterocycles. The topological polar surface area (TPSA) is 79.6 Å². The summed E-state index contributed by atoms with van der Waals surface area (Å²) in [7, 11) is 1.58. The van der Waals surface area contributed by atoms with Crippen molar-refractivity contribution >= 4 is 28.8 Å². The number of carbonyl (C=O) groups is 1. The van der Waals surface area contributed by atoms with Gasteiger partial charge in [-0.05, 0) is 43.7 Å². The molecule has 0 saturated heterocycles. The van der Waals surface area contributed by atoms with Crippen molar-refractivity contribution in [3.8, 4) is 0 Å². The van der Waals surface area contributed by atoms with Gasteiger partial charge in [-0.25, -0.2) is 14.4 Å². The third-order valence-electron chi connectivity index (χ3n) is 4.62. The standard InChI is InChI=1S/C21H19N3O3/c1-12-8-13(2)22-15(12)10-17-20(27-3)11-16(23-17)19-9-14-6-4-5-7-18(14)24(19)21(25)26/h4-11,22H,1-3H3,(H,25,26). The first-order valence-corrected chi connectivity index (χ1v) is 8.54. The first kappa shape index (κ1) is 16.9. The zero-order valence-electron chi connectivity index (χ0n) is 15.3. The summed E-state index contributed by atoms with van der Waals surface area (Å²) in [6, 6.07) is 11.3. The lowest BCUT2D eigenvalue weighted by atomic mass is 10.2. The van der Waals surface area contributed by atoms with Crippen LogP contribution in [0.4, 0.5) is 4.79 Å². The average molecular weight is 361 g/mol. The third-order valence-corrected chi connectivity index (χ3v) is 4.62. The molecule has 0 fully saturated rings. The number of fused-ring (bicyclic) bond motifs is 1. The summed E-state index contributed by atoms with van der Waals surface area (Å²) >= 11 is 0. The molecule has 3 aromatic rings. The second kappa shape index (κ2) is 6.32. The number of hydrogen-bond donors (Lipinski definition) is 2. The number of nitrogens with zero attached hydrogens (tertiary/aromatic N) is 2. The molecule has 1 aromatic carbocycles. The van der Waals surface area contributed by atoms with Crippen LogP contribution in [0, 0.1) is 13.8 Å². The Balaban J connectivity index is 1.87. The van der Waals surface area contributed by atoms with Gasteiger partial charge in [0.2, 0.25) is 0 Å². The highest BCUT2D eigenvalue weighted by molar-refractivity contribution is 6.15. The van der Waals surface area contributed by atoms with E-state index in [9.17, 15) is 9.90 Å². The maximum Gasteiger partial charge on any atom is 0.416 e. The van der Waals surface area contributed by atoms with Crippen molar-refractivity contribution in [2.24, 2.45) is 4.99 Å². The van der Waals surface area contributed by atoms with Crippen molar-refractivity contribution in [1.29, 1.82) is 0 Å². The molecule has 0 radical (unpaired) electrons. The van der Waals surface area contributed by atoms with Crippen molar-refractivity contribution in [3.63, 3.8) is 0 Å². The molecule has 1 aliphatic rings. The minimum Gasteiger partial charge on any atom is -0.494 e. The molecule has 0 aliphatic carbocycles. The molecule has 0 unspecified atom stereocenters. The summed E-state index contributed by atoms with van der Waals surface area (Å²) in [5, 5.41) is 10.6.